The van der Waals surface area contributed by atoms with Crippen LogP contribution in [0.1, 0.15) is 32.6 Å². The van der Waals surface area contributed by atoms with E-state index >= 15 is 0 Å². The summed E-state index contributed by atoms with van der Waals surface area (Å²) >= 11 is 0. The van der Waals surface area contributed by atoms with E-state index in [0.29, 0.717) is 16.0 Å². The van der Waals surface area contributed by atoms with Crippen LogP contribution in [0.15, 0.2) is 76.2 Å². The fourth-order valence-electron chi connectivity index (χ4n) is 2.57. The second-order valence-corrected chi connectivity index (χ2v) is 9.06. The first-order valence-corrected chi connectivity index (χ1v) is 10.9. The van der Waals surface area contributed by atoms with Gasteiger partial charge in [0, 0.05) is 34.7 Å². The minimum atomic E-state index is -4.41. The van der Waals surface area contributed by atoms with Crippen molar-refractivity contribution < 1.29 is 22.2 Å². The van der Waals surface area contributed by atoms with E-state index in [9.17, 15) is 22.2 Å². The van der Waals surface area contributed by atoms with E-state index in [-0.39, 0.29) is 5.56 Å². The van der Waals surface area contributed by atoms with Crippen LogP contribution in [0.3, 0.4) is 0 Å². The number of nitrogens with zero attached hydrogens (tertiary/aromatic N) is 2. The zero-order chi connectivity index (χ0) is 22.6. The van der Waals surface area contributed by atoms with E-state index in [4.69, 9.17) is 0 Å². The number of benzene rings is 2. The zero-order valence-corrected chi connectivity index (χ0v) is 17.4. The topological polar surface area (TPSA) is 59.4 Å². The third-order valence-corrected chi connectivity index (χ3v) is 5.93. The van der Waals surface area contributed by atoms with E-state index in [0.717, 1.165) is 17.7 Å². The molecule has 1 unspecified atom stereocenters. The molecule has 0 saturated carbocycles. The molecule has 4 nitrogen and oxygen atoms in total. The third-order valence-electron chi connectivity index (χ3n) is 4.26. The van der Waals surface area contributed by atoms with Crippen LogP contribution in [0, 0.1) is 18.8 Å². The third kappa shape index (κ3) is 5.80. The zero-order valence-electron chi connectivity index (χ0n) is 16.6. The summed E-state index contributed by atoms with van der Waals surface area (Å²) in [6, 6.07) is 12.8. The lowest BCUT2D eigenvalue weighted by Crippen LogP contribution is -2.04. The van der Waals surface area contributed by atoms with Gasteiger partial charge in [0.2, 0.25) is 0 Å². The number of carbonyl (C=O) groups is 1. The highest BCUT2D eigenvalue weighted by atomic mass is 32.2. The van der Waals surface area contributed by atoms with Crippen molar-refractivity contribution >= 4 is 15.6 Å². The van der Waals surface area contributed by atoms with Crippen LogP contribution in [0.2, 0.25) is 0 Å². The van der Waals surface area contributed by atoms with E-state index < -0.39 is 27.4 Å². The Bertz CT molecular complexity index is 1290. The molecule has 0 aliphatic rings. The van der Waals surface area contributed by atoms with Crippen LogP contribution in [0.25, 0.3) is 0 Å². The molecule has 158 valence electrons. The molecule has 0 radical (unpaired) electrons. The van der Waals surface area contributed by atoms with Gasteiger partial charge in [0.1, 0.15) is 0 Å². The second kappa shape index (κ2) is 8.74. The van der Waals surface area contributed by atoms with E-state index in [1.54, 1.807) is 24.3 Å². The van der Waals surface area contributed by atoms with Crippen molar-refractivity contribution in [2.45, 2.75) is 18.0 Å². The Hall–Kier alpha value is -3.44. The molecule has 8 heteroatoms. The smallest absolute Gasteiger partial charge is 0.266 e. The lowest BCUT2D eigenvalue weighted by Gasteiger charge is -2.05. The molecule has 0 aliphatic heterocycles. The van der Waals surface area contributed by atoms with Gasteiger partial charge in [-0.1, -0.05) is 29.5 Å². The Balaban J connectivity index is 1.84. The van der Waals surface area contributed by atoms with E-state index in [1.165, 1.54) is 36.8 Å². The van der Waals surface area contributed by atoms with Gasteiger partial charge in [-0.05, 0) is 49.4 Å². The quantitative estimate of drug-likeness (QED) is 0.519. The van der Waals surface area contributed by atoms with Gasteiger partial charge in [0.25, 0.3) is 5.91 Å². The summed E-state index contributed by atoms with van der Waals surface area (Å²) in [6.45, 7) is 1.90. The number of rotatable bonds is 2. The number of hydrogen-bond donors (Lipinski definition) is 0. The first-order valence-electron chi connectivity index (χ1n) is 9.02. The lowest BCUT2D eigenvalue weighted by molar-refractivity contribution is -0.137. The van der Waals surface area contributed by atoms with Gasteiger partial charge in [-0.15, -0.1) is 0 Å². The van der Waals surface area contributed by atoms with Gasteiger partial charge in [-0.25, -0.2) is 4.21 Å². The fourth-order valence-corrected chi connectivity index (χ4v) is 3.73. The van der Waals surface area contributed by atoms with Gasteiger partial charge in [0.15, 0.2) is 0 Å². The minimum Gasteiger partial charge on any atom is -0.266 e. The van der Waals surface area contributed by atoms with Crippen molar-refractivity contribution in [1.29, 1.82) is 0 Å². The Labute approximate surface area is 178 Å². The first kappa shape index (κ1) is 22.2. The molecule has 1 atom stereocenters. The Morgan fingerprint density at radius 3 is 2.19 bits per heavy atom. The highest BCUT2D eigenvalue weighted by Gasteiger charge is 2.29. The maximum absolute atomic E-state index is 12.9. The van der Waals surface area contributed by atoms with Crippen LogP contribution >= 0.6 is 0 Å². The number of aryl methyl sites for hydroxylation is 1. The SMILES string of the molecule is Cc1ccc(S(C)(=O)=NC(=O)c2cncc(C#Cc3ccc(C(F)(F)F)cc3)c2)cc1. The van der Waals surface area contributed by atoms with Crippen molar-refractivity contribution in [3.63, 3.8) is 0 Å². The van der Waals surface area contributed by atoms with Crippen molar-refractivity contribution in [2.75, 3.05) is 6.26 Å². The van der Waals surface area contributed by atoms with Crippen molar-refractivity contribution in [3.8, 4) is 11.8 Å². The average molecular weight is 442 g/mol. The normalized spacial score (nSPS) is 12.9. The first-order chi connectivity index (χ1) is 14.5. The molecule has 0 aliphatic carbocycles. The molecule has 1 amide bonds. The highest BCUT2D eigenvalue weighted by Crippen LogP contribution is 2.29. The molecule has 31 heavy (non-hydrogen) atoms. The highest BCUT2D eigenvalue weighted by molar-refractivity contribution is 7.93. The molecular weight excluding hydrogens is 425 g/mol. The molecule has 0 fully saturated rings. The van der Waals surface area contributed by atoms with Gasteiger partial charge in [-0.3, -0.25) is 9.78 Å². The summed E-state index contributed by atoms with van der Waals surface area (Å²) < 4.78 is 54.6. The molecular formula is C23H17F3N2O2S. The largest absolute Gasteiger partial charge is 0.416 e. The fraction of sp³-hybridized carbons (Fsp3) is 0.130. The summed E-state index contributed by atoms with van der Waals surface area (Å²) in [4.78, 5) is 16.9. The maximum Gasteiger partial charge on any atom is 0.416 e. The minimum absolute atomic E-state index is 0.112. The number of alkyl halides is 3. The second-order valence-electron chi connectivity index (χ2n) is 6.80. The summed E-state index contributed by atoms with van der Waals surface area (Å²) in [5.41, 5.74) is 1.10. The van der Waals surface area contributed by atoms with Gasteiger partial charge in [-0.2, -0.15) is 17.5 Å². The van der Waals surface area contributed by atoms with Crippen LogP contribution in [0.4, 0.5) is 13.2 Å². The van der Waals surface area contributed by atoms with Crippen LogP contribution in [-0.2, 0) is 15.9 Å². The molecule has 3 aromatic rings. The Morgan fingerprint density at radius 1 is 0.968 bits per heavy atom. The van der Waals surface area contributed by atoms with Crippen LogP contribution in [-0.4, -0.2) is 21.4 Å². The molecule has 0 saturated heterocycles. The predicted octanol–water partition coefficient (Wildman–Crippen LogP) is 5.11. The predicted molar refractivity (Wildman–Crippen MR) is 112 cm³/mol. The van der Waals surface area contributed by atoms with Crippen LogP contribution < -0.4 is 0 Å². The molecule has 0 spiro atoms. The standard InChI is InChI=1S/C23H17F3N2O2S/c1-16-3-11-21(12-4-16)31(2,30)28-22(29)19-13-18(14-27-15-19)6-5-17-7-9-20(10-8-17)23(24,25)26/h3-4,7-15H,1-2H3. The van der Waals surface area contributed by atoms with Gasteiger partial charge < -0.3 is 0 Å². The Kier molecular flexibility index (Phi) is 6.27. The molecule has 0 N–H and O–H groups in total. The Morgan fingerprint density at radius 2 is 1.58 bits per heavy atom. The molecule has 1 aromatic heterocycles. The van der Waals surface area contributed by atoms with E-state index in [1.807, 2.05) is 6.92 Å². The van der Waals surface area contributed by atoms with Crippen molar-refractivity contribution in [3.05, 3.63) is 94.8 Å². The molecule has 3 rings (SSSR count). The lowest BCUT2D eigenvalue weighted by atomic mass is 10.1. The number of aromatic nitrogens is 1. The number of pyridine rings is 1. The number of amides is 1. The summed E-state index contributed by atoms with van der Waals surface area (Å²) in [6.07, 6.45) is -0.321. The van der Waals surface area contributed by atoms with Gasteiger partial charge in [0.05, 0.1) is 20.9 Å². The van der Waals surface area contributed by atoms with Gasteiger partial charge >= 0.3 is 6.18 Å². The van der Waals surface area contributed by atoms with Crippen molar-refractivity contribution in [2.24, 2.45) is 4.36 Å². The molecule has 0 bridgehead atoms. The van der Waals surface area contributed by atoms with Crippen molar-refractivity contribution in [1.82, 2.24) is 4.98 Å². The molecule has 1 heterocycles. The van der Waals surface area contributed by atoms with E-state index in [2.05, 4.69) is 21.2 Å². The molecule has 2 aromatic carbocycles. The monoisotopic (exact) mass is 442 g/mol. The summed E-state index contributed by atoms with van der Waals surface area (Å²) in [5, 5.41) is 0. The number of carbonyl (C=O) groups excluding carboxylic acids is 1. The number of halogens is 3. The summed E-state index contributed by atoms with van der Waals surface area (Å²) in [7, 11) is -2.94. The average Bonchev–Trinajstić information content (AvgIpc) is 2.72. The van der Waals surface area contributed by atoms with Crippen LogP contribution in [0.5, 0.6) is 0 Å². The summed E-state index contributed by atoms with van der Waals surface area (Å²) in [5.74, 6) is 4.79. The maximum atomic E-state index is 12.9. The number of hydrogen-bond acceptors (Lipinski definition) is 3.